The number of carbonyl (C=O) groups excluding carboxylic acids is 2. The molecule has 0 spiro atoms. The monoisotopic (exact) mass is 406 g/mol. The van der Waals surface area contributed by atoms with Crippen LogP contribution in [0, 0.1) is 0 Å². The standard InChI is InChI=1S/C15H10Cl4N2O3/c16-8-1-3-11(18)10(5-8)15(23)21-20-14(22)7-24-13-4-2-9(17)6-12(13)19/h1-6H,7H2,(H,20,22)(H,21,23). The lowest BCUT2D eigenvalue weighted by Gasteiger charge is -2.10. The van der Waals surface area contributed by atoms with Gasteiger partial charge in [0.25, 0.3) is 11.8 Å². The minimum absolute atomic E-state index is 0.131. The number of hydrogen-bond acceptors (Lipinski definition) is 3. The number of halogens is 4. The Morgan fingerprint density at radius 3 is 2.25 bits per heavy atom. The molecule has 0 heterocycles. The quantitative estimate of drug-likeness (QED) is 0.748. The van der Waals surface area contributed by atoms with Crippen molar-refractivity contribution in [3.05, 3.63) is 62.1 Å². The van der Waals surface area contributed by atoms with Gasteiger partial charge in [-0.05, 0) is 36.4 Å². The predicted molar refractivity (Wildman–Crippen MR) is 94.0 cm³/mol. The van der Waals surface area contributed by atoms with Crippen molar-refractivity contribution in [2.45, 2.75) is 0 Å². The Morgan fingerprint density at radius 1 is 0.875 bits per heavy atom. The number of hydrogen-bond donors (Lipinski definition) is 2. The molecule has 0 aliphatic carbocycles. The molecule has 0 aliphatic heterocycles. The Labute approximate surface area is 157 Å². The number of hydrazine groups is 1. The van der Waals surface area contributed by atoms with Gasteiger partial charge in [-0.25, -0.2) is 0 Å². The summed E-state index contributed by atoms with van der Waals surface area (Å²) in [6.45, 7) is -0.356. The molecular formula is C15H10Cl4N2O3. The van der Waals surface area contributed by atoms with Crippen molar-refractivity contribution in [1.29, 1.82) is 0 Å². The highest BCUT2D eigenvalue weighted by Crippen LogP contribution is 2.27. The Balaban J connectivity index is 1.86. The number of amides is 2. The highest BCUT2D eigenvalue weighted by Gasteiger charge is 2.12. The molecule has 2 N–H and O–H groups in total. The first-order valence-electron chi connectivity index (χ1n) is 6.49. The van der Waals surface area contributed by atoms with Crippen LogP contribution in [0.25, 0.3) is 0 Å². The van der Waals surface area contributed by atoms with Gasteiger partial charge in [0.05, 0.1) is 15.6 Å². The second-order valence-corrected chi connectivity index (χ2v) is 6.18. The van der Waals surface area contributed by atoms with Crippen LogP contribution in [0.3, 0.4) is 0 Å². The lowest BCUT2D eigenvalue weighted by atomic mass is 10.2. The average molecular weight is 408 g/mol. The van der Waals surface area contributed by atoms with Crippen molar-refractivity contribution < 1.29 is 14.3 Å². The minimum atomic E-state index is -0.611. The molecule has 5 nitrogen and oxygen atoms in total. The van der Waals surface area contributed by atoms with E-state index in [1.807, 2.05) is 0 Å². The second-order valence-electron chi connectivity index (χ2n) is 4.49. The van der Waals surface area contributed by atoms with Crippen LogP contribution in [0.4, 0.5) is 0 Å². The van der Waals surface area contributed by atoms with Crippen LogP contribution in [0.15, 0.2) is 36.4 Å². The third-order valence-electron chi connectivity index (χ3n) is 2.74. The third-order valence-corrected chi connectivity index (χ3v) is 3.84. The van der Waals surface area contributed by atoms with Gasteiger partial charge in [0.15, 0.2) is 6.61 Å². The van der Waals surface area contributed by atoms with E-state index in [0.29, 0.717) is 15.8 Å². The summed E-state index contributed by atoms with van der Waals surface area (Å²) in [5.41, 5.74) is 4.54. The molecule has 0 saturated carbocycles. The number of benzene rings is 2. The molecule has 2 rings (SSSR count). The van der Waals surface area contributed by atoms with Gasteiger partial charge in [0.2, 0.25) is 0 Å². The topological polar surface area (TPSA) is 67.4 Å². The summed E-state index contributed by atoms with van der Waals surface area (Å²) in [5, 5.41) is 1.26. The normalized spacial score (nSPS) is 10.2. The first-order chi connectivity index (χ1) is 11.4. The molecule has 0 aromatic heterocycles. The van der Waals surface area contributed by atoms with Crippen LogP contribution in [0.5, 0.6) is 5.75 Å². The molecule has 0 radical (unpaired) electrons. The highest BCUT2D eigenvalue weighted by molar-refractivity contribution is 6.36. The summed E-state index contributed by atoms with van der Waals surface area (Å²) < 4.78 is 5.23. The Kier molecular flexibility index (Phi) is 6.57. The van der Waals surface area contributed by atoms with Crippen molar-refractivity contribution in [3.8, 4) is 5.75 Å². The maximum Gasteiger partial charge on any atom is 0.276 e. The van der Waals surface area contributed by atoms with Crippen molar-refractivity contribution >= 4 is 58.2 Å². The van der Waals surface area contributed by atoms with Crippen molar-refractivity contribution in [1.82, 2.24) is 10.9 Å². The zero-order valence-corrected chi connectivity index (χ0v) is 14.9. The zero-order chi connectivity index (χ0) is 17.7. The molecule has 0 aliphatic rings. The van der Waals surface area contributed by atoms with Crippen LogP contribution in [0.2, 0.25) is 20.1 Å². The SMILES string of the molecule is O=C(COc1ccc(Cl)cc1Cl)NNC(=O)c1cc(Cl)ccc1Cl. The Morgan fingerprint density at radius 2 is 1.54 bits per heavy atom. The van der Waals surface area contributed by atoms with E-state index in [0.717, 1.165) is 0 Å². The van der Waals surface area contributed by atoms with Crippen LogP contribution in [-0.2, 0) is 4.79 Å². The van der Waals surface area contributed by atoms with Crippen molar-refractivity contribution in [2.24, 2.45) is 0 Å². The second kappa shape index (κ2) is 8.44. The van der Waals surface area contributed by atoms with Gasteiger partial charge in [0, 0.05) is 10.0 Å². The summed E-state index contributed by atoms with van der Waals surface area (Å²) >= 11 is 23.4. The van der Waals surface area contributed by atoms with Crippen LogP contribution >= 0.6 is 46.4 Å². The van der Waals surface area contributed by atoms with Crippen molar-refractivity contribution in [2.75, 3.05) is 6.61 Å². The predicted octanol–water partition coefficient (Wildman–Crippen LogP) is 4.14. The molecule has 0 atom stereocenters. The van der Waals surface area contributed by atoms with Gasteiger partial charge in [0.1, 0.15) is 5.75 Å². The molecule has 24 heavy (non-hydrogen) atoms. The Bertz CT molecular complexity index is 783. The maximum absolute atomic E-state index is 11.9. The van der Waals surface area contributed by atoms with E-state index in [1.54, 1.807) is 12.1 Å². The summed E-state index contributed by atoms with van der Waals surface area (Å²) in [6.07, 6.45) is 0. The van der Waals surface area contributed by atoms with E-state index < -0.39 is 11.8 Å². The van der Waals surface area contributed by atoms with E-state index in [2.05, 4.69) is 10.9 Å². The highest BCUT2D eigenvalue weighted by atomic mass is 35.5. The van der Waals surface area contributed by atoms with Gasteiger partial charge in [-0.2, -0.15) is 0 Å². The van der Waals surface area contributed by atoms with Crippen LogP contribution in [-0.4, -0.2) is 18.4 Å². The van der Waals surface area contributed by atoms with Crippen LogP contribution < -0.4 is 15.6 Å². The number of nitrogens with one attached hydrogen (secondary N) is 2. The first-order valence-corrected chi connectivity index (χ1v) is 8.00. The molecule has 0 saturated heterocycles. The smallest absolute Gasteiger partial charge is 0.276 e. The molecule has 0 fully saturated rings. The summed E-state index contributed by atoms with van der Waals surface area (Å²) in [7, 11) is 0. The molecule has 0 unspecified atom stereocenters. The van der Waals surface area contributed by atoms with Gasteiger partial charge in [-0.15, -0.1) is 0 Å². The number of ether oxygens (including phenoxy) is 1. The molecule has 2 aromatic carbocycles. The van der Waals surface area contributed by atoms with Gasteiger partial charge >= 0.3 is 0 Å². The van der Waals surface area contributed by atoms with E-state index in [4.69, 9.17) is 51.1 Å². The first kappa shape index (κ1) is 18.7. The Hall–Kier alpha value is -1.66. The van der Waals surface area contributed by atoms with Gasteiger partial charge in [-0.1, -0.05) is 46.4 Å². The molecule has 0 bridgehead atoms. The van der Waals surface area contributed by atoms with E-state index >= 15 is 0 Å². The fourth-order valence-electron chi connectivity index (χ4n) is 1.64. The molecule has 2 aromatic rings. The fraction of sp³-hybridized carbons (Fsp3) is 0.0667. The van der Waals surface area contributed by atoms with E-state index in [-0.39, 0.29) is 22.2 Å². The van der Waals surface area contributed by atoms with Crippen molar-refractivity contribution in [3.63, 3.8) is 0 Å². The summed E-state index contributed by atoms with van der Waals surface area (Å²) in [6, 6.07) is 9.00. The van der Waals surface area contributed by atoms with E-state index in [1.165, 1.54) is 24.3 Å². The molecular weight excluding hydrogens is 398 g/mol. The average Bonchev–Trinajstić information content (AvgIpc) is 2.54. The molecule has 9 heteroatoms. The third kappa shape index (κ3) is 5.18. The zero-order valence-electron chi connectivity index (χ0n) is 11.9. The molecule has 2 amide bonds. The van der Waals surface area contributed by atoms with Gasteiger partial charge in [-0.3, -0.25) is 20.4 Å². The van der Waals surface area contributed by atoms with Crippen LogP contribution in [0.1, 0.15) is 10.4 Å². The molecule has 126 valence electrons. The van der Waals surface area contributed by atoms with E-state index in [9.17, 15) is 9.59 Å². The largest absolute Gasteiger partial charge is 0.482 e. The minimum Gasteiger partial charge on any atom is -0.482 e. The lowest BCUT2D eigenvalue weighted by molar-refractivity contribution is -0.123. The summed E-state index contributed by atoms with van der Waals surface area (Å²) in [4.78, 5) is 23.6. The maximum atomic E-state index is 11.9. The fourth-order valence-corrected chi connectivity index (χ4v) is 2.48. The number of carbonyl (C=O) groups is 2. The van der Waals surface area contributed by atoms with Gasteiger partial charge < -0.3 is 4.74 Å². The summed E-state index contributed by atoms with van der Waals surface area (Å²) in [5.74, 6) is -0.909. The number of rotatable bonds is 4. The lowest BCUT2D eigenvalue weighted by Crippen LogP contribution is -2.43.